The molecule has 2 fully saturated rings. The fourth-order valence-electron chi connectivity index (χ4n) is 4.83. The van der Waals surface area contributed by atoms with E-state index in [2.05, 4.69) is 15.0 Å². The number of aryl methyl sites for hydroxylation is 1. The number of aromatic nitrogens is 3. The van der Waals surface area contributed by atoms with Crippen molar-refractivity contribution in [2.45, 2.75) is 52.0 Å². The van der Waals surface area contributed by atoms with Crippen LogP contribution in [0.4, 0.5) is 14.5 Å². The van der Waals surface area contributed by atoms with Gasteiger partial charge in [0.05, 0.1) is 29.6 Å². The number of benzene rings is 1. The average Bonchev–Trinajstić information content (AvgIpc) is 3.63. The lowest BCUT2D eigenvalue weighted by molar-refractivity contribution is -0.129. The Labute approximate surface area is 207 Å². The van der Waals surface area contributed by atoms with Crippen molar-refractivity contribution in [2.75, 3.05) is 24.6 Å². The van der Waals surface area contributed by atoms with Crippen LogP contribution in [0.15, 0.2) is 30.7 Å². The number of H-pyrrole nitrogens is 1. The van der Waals surface area contributed by atoms with Crippen molar-refractivity contribution in [3.63, 3.8) is 0 Å². The first-order chi connectivity index (χ1) is 17.3. The SMILES string of the molecule is CC(=O)N1CCC(N(C(=O)c2c(C)[nH]c3cncnc23)c2cc(C(F)F)ccc2OCC2CC2)CC1. The summed E-state index contributed by atoms with van der Waals surface area (Å²) in [6, 6.07) is 3.94. The highest BCUT2D eigenvalue weighted by molar-refractivity contribution is 6.14. The highest BCUT2D eigenvalue weighted by Gasteiger charge is 2.35. The molecule has 0 bridgehead atoms. The number of nitrogens with one attached hydrogen (secondary N) is 1. The Hall–Kier alpha value is -3.56. The number of aromatic amines is 1. The van der Waals surface area contributed by atoms with Gasteiger partial charge in [-0.15, -0.1) is 0 Å². The van der Waals surface area contributed by atoms with Crippen LogP contribution in [0.1, 0.15) is 60.6 Å². The lowest BCUT2D eigenvalue weighted by Crippen LogP contribution is -2.49. The third-order valence-electron chi connectivity index (χ3n) is 7.02. The van der Waals surface area contributed by atoms with Crippen molar-refractivity contribution in [2.24, 2.45) is 5.92 Å². The Morgan fingerprint density at radius 2 is 1.97 bits per heavy atom. The Morgan fingerprint density at radius 1 is 1.22 bits per heavy atom. The number of rotatable bonds is 7. The van der Waals surface area contributed by atoms with Crippen LogP contribution < -0.4 is 9.64 Å². The summed E-state index contributed by atoms with van der Waals surface area (Å²) in [5.74, 6) is 0.481. The zero-order valence-electron chi connectivity index (χ0n) is 20.3. The van der Waals surface area contributed by atoms with Gasteiger partial charge in [-0.2, -0.15) is 0 Å². The van der Waals surface area contributed by atoms with Gasteiger partial charge in [-0.25, -0.2) is 18.7 Å². The molecular weight excluding hydrogens is 468 g/mol. The standard InChI is InChI=1S/C26H29F2N5O3/c1-15-23(24-20(31-15)12-29-14-30-24)26(35)33(19-7-9-32(10-8-19)16(2)34)21-11-18(25(27)28)5-6-22(21)36-13-17-3-4-17/h5-6,11-12,14,17,19,25,31H,3-4,7-10,13H2,1-2H3. The fraction of sp³-hybridized carbons (Fsp3) is 0.462. The summed E-state index contributed by atoms with van der Waals surface area (Å²) in [7, 11) is 0. The molecule has 190 valence electrons. The number of amides is 2. The van der Waals surface area contributed by atoms with Crippen molar-refractivity contribution in [1.29, 1.82) is 0 Å². The molecule has 0 spiro atoms. The monoisotopic (exact) mass is 497 g/mol. The van der Waals surface area contributed by atoms with Gasteiger partial charge in [0.1, 0.15) is 17.6 Å². The van der Waals surface area contributed by atoms with Crippen molar-refractivity contribution in [3.8, 4) is 5.75 Å². The highest BCUT2D eigenvalue weighted by atomic mass is 19.3. The molecule has 2 aromatic heterocycles. The number of hydrogen-bond acceptors (Lipinski definition) is 5. The maximum absolute atomic E-state index is 14.3. The van der Waals surface area contributed by atoms with Crippen LogP contribution in [0.25, 0.3) is 11.0 Å². The summed E-state index contributed by atoms with van der Waals surface area (Å²) in [5.41, 5.74) is 2.23. The Kier molecular flexibility index (Phi) is 6.59. The van der Waals surface area contributed by atoms with E-state index in [-0.39, 0.29) is 23.4 Å². The molecule has 5 rings (SSSR count). The molecule has 10 heteroatoms. The zero-order chi connectivity index (χ0) is 25.4. The summed E-state index contributed by atoms with van der Waals surface area (Å²) in [5, 5.41) is 0. The van der Waals surface area contributed by atoms with Crippen LogP contribution >= 0.6 is 0 Å². The lowest BCUT2D eigenvalue weighted by atomic mass is 9.99. The quantitative estimate of drug-likeness (QED) is 0.513. The molecule has 1 aliphatic carbocycles. The Morgan fingerprint density at radius 3 is 2.64 bits per heavy atom. The van der Waals surface area contributed by atoms with Crippen molar-refractivity contribution < 1.29 is 23.1 Å². The van der Waals surface area contributed by atoms with E-state index in [0.29, 0.717) is 72.2 Å². The van der Waals surface area contributed by atoms with E-state index in [0.717, 1.165) is 12.8 Å². The topological polar surface area (TPSA) is 91.4 Å². The molecule has 36 heavy (non-hydrogen) atoms. The van der Waals surface area contributed by atoms with Crippen molar-refractivity contribution in [1.82, 2.24) is 19.9 Å². The summed E-state index contributed by atoms with van der Waals surface area (Å²) in [6.07, 6.45) is 3.47. The zero-order valence-corrected chi connectivity index (χ0v) is 20.3. The molecule has 3 heterocycles. The molecular formula is C26H29F2N5O3. The van der Waals surface area contributed by atoms with Gasteiger partial charge >= 0.3 is 0 Å². The van der Waals surface area contributed by atoms with Gasteiger partial charge in [0.2, 0.25) is 5.91 Å². The largest absolute Gasteiger partial charge is 0.491 e. The van der Waals surface area contributed by atoms with Crippen LogP contribution in [-0.2, 0) is 4.79 Å². The first-order valence-corrected chi connectivity index (χ1v) is 12.3. The normalized spacial score (nSPS) is 16.5. The molecule has 2 aliphatic rings. The van der Waals surface area contributed by atoms with Gasteiger partial charge in [-0.3, -0.25) is 9.59 Å². The number of carbonyl (C=O) groups is 2. The van der Waals surface area contributed by atoms with E-state index in [1.54, 1.807) is 22.9 Å². The van der Waals surface area contributed by atoms with Gasteiger partial charge in [-0.05, 0) is 56.7 Å². The highest BCUT2D eigenvalue weighted by Crippen LogP contribution is 2.39. The number of fused-ring (bicyclic) bond motifs is 1. The number of halogens is 2. The van der Waals surface area contributed by atoms with Gasteiger partial charge < -0.3 is 19.5 Å². The van der Waals surface area contributed by atoms with E-state index in [1.165, 1.54) is 31.5 Å². The molecule has 1 saturated heterocycles. The minimum atomic E-state index is -2.69. The van der Waals surface area contributed by atoms with Crippen LogP contribution in [0.3, 0.4) is 0 Å². The maximum Gasteiger partial charge on any atom is 0.263 e. The van der Waals surface area contributed by atoms with Gasteiger partial charge in [0.15, 0.2) is 0 Å². The first-order valence-electron chi connectivity index (χ1n) is 12.3. The van der Waals surface area contributed by atoms with Gasteiger partial charge in [-0.1, -0.05) is 0 Å². The third kappa shape index (κ3) is 4.76. The molecule has 8 nitrogen and oxygen atoms in total. The number of anilines is 1. The maximum atomic E-state index is 14.3. The molecule has 0 unspecified atom stereocenters. The first kappa shape index (κ1) is 24.1. The van der Waals surface area contributed by atoms with Crippen molar-refractivity contribution >= 4 is 28.5 Å². The van der Waals surface area contributed by atoms with Crippen LogP contribution in [0, 0.1) is 12.8 Å². The summed E-state index contributed by atoms with van der Waals surface area (Å²) in [4.78, 5) is 41.0. The Balaban J connectivity index is 1.60. The molecule has 1 aromatic carbocycles. The minimum Gasteiger partial charge on any atom is -0.491 e. The molecule has 3 aromatic rings. The second kappa shape index (κ2) is 9.83. The number of likely N-dealkylation sites (tertiary alicyclic amines) is 1. The molecule has 2 amide bonds. The van der Waals surface area contributed by atoms with E-state index in [4.69, 9.17) is 4.74 Å². The summed E-state index contributed by atoms with van der Waals surface area (Å²) in [6.45, 7) is 4.74. The van der Waals surface area contributed by atoms with Gasteiger partial charge in [0.25, 0.3) is 12.3 Å². The predicted molar refractivity (Wildman–Crippen MR) is 130 cm³/mol. The Bertz CT molecular complexity index is 1280. The molecule has 0 atom stereocenters. The fourth-order valence-corrected chi connectivity index (χ4v) is 4.83. The predicted octanol–water partition coefficient (Wildman–Crippen LogP) is 4.65. The molecule has 1 saturated carbocycles. The summed E-state index contributed by atoms with van der Waals surface area (Å²) >= 11 is 0. The molecule has 1 aliphatic heterocycles. The number of piperidine rings is 1. The van der Waals surface area contributed by atoms with E-state index in [1.807, 2.05) is 0 Å². The number of hydrogen-bond donors (Lipinski definition) is 1. The third-order valence-corrected chi connectivity index (χ3v) is 7.02. The molecule has 1 N–H and O–H groups in total. The van der Waals surface area contributed by atoms with Crippen molar-refractivity contribution in [3.05, 3.63) is 47.5 Å². The van der Waals surface area contributed by atoms with E-state index < -0.39 is 6.43 Å². The minimum absolute atomic E-state index is 0.0244. The van der Waals surface area contributed by atoms with Crippen LogP contribution in [-0.4, -0.2) is 57.4 Å². The van der Waals surface area contributed by atoms with E-state index >= 15 is 0 Å². The number of alkyl halides is 2. The number of nitrogens with zero attached hydrogens (tertiary/aromatic N) is 4. The van der Waals surface area contributed by atoms with Crippen LogP contribution in [0.5, 0.6) is 5.75 Å². The van der Waals surface area contributed by atoms with Gasteiger partial charge in [0, 0.05) is 37.3 Å². The van der Waals surface area contributed by atoms with E-state index in [9.17, 15) is 18.4 Å². The smallest absolute Gasteiger partial charge is 0.263 e. The second-order valence-corrected chi connectivity index (χ2v) is 9.60. The number of ether oxygens (including phenoxy) is 1. The molecule has 0 radical (unpaired) electrons. The average molecular weight is 498 g/mol. The lowest BCUT2D eigenvalue weighted by Gasteiger charge is -2.39. The summed E-state index contributed by atoms with van der Waals surface area (Å²) < 4.78 is 33.6. The number of carbonyl (C=O) groups excluding carboxylic acids is 2. The second-order valence-electron chi connectivity index (χ2n) is 9.60. The van der Waals surface area contributed by atoms with Crippen LogP contribution in [0.2, 0.25) is 0 Å².